The molecule has 2 rings (SSSR count). The van der Waals surface area contributed by atoms with E-state index >= 15 is 0 Å². The van der Waals surface area contributed by atoms with Crippen LogP contribution in [0, 0.1) is 5.92 Å². The van der Waals surface area contributed by atoms with E-state index in [0.29, 0.717) is 23.1 Å². The highest BCUT2D eigenvalue weighted by molar-refractivity contribution is 6.42. The van der Waals surface area contributed by atoms with E-state index in [1.165, 1.54) is 13.2 Å². The summed E-state index contributed by atoms with van der Waals surface area (Å²) in [5.41, 5.74) is 0.796. The van der Waals surface area contributed by atoms with Gasteiger partial charge in [0.15, 0.2) is 0 Å². The van der Waals surface area contributed by atoms with Gasteiger partial charge in [0, 0.05) is 19.2 Å². The van der Waals surface area contributed by atoms with Gasteiger partial charge in [-0.2, -0.15) is 0 Å². The Kier molecular flexibility index (Phi) is 5.86. The normalized spacial score (nSPS) is 18.5. The molecule has 0 bridgehead atoms. The van der Waals surface area contributed by atoms with E-state index < -0.39 is 0 Å². The number of nitrogens with zero attached hydrogens (tertiary/aromatic N) is 1. The fraction of sp³-hybridized carbons (Fsp3) is 0.375. The smallest absolute Gasteiger partial charge is 0.310 e. The predicted molar refractivity (Wildman–Crippen MR) is 86.8 cm³/mol. The lowest BCUT2D eigenvalue weighted by molar-refractivity contribution is -0.148. The van der Waals surface area contributed by atoms with E-state index in [-0.39, 0.29) is 17.8 Å². The molecule has 1 heterocycles. The molecular formula is C16H17Cl2NO3. The number of hydrogen-bond acceptors (Lipinski definition) is 3. The van der Waals surface area contributed by atoms with Gasteiger partial charge in [-0.15, -0.1) is 0 Å². The van der Waals surface area contributed by atoms with Crippen LogP contribution in [0.25, 0.3) is 6.08 Å². The number of benzene rings is 1. The van der Waals surface area contributed by atoms with Gasteiger partial charge in [-0.25, -0.2) is 0 Å². The van der Waals surface area contributed by atoms with Gasteiger partial charge in [0.2, 0.25) is 5.91 Å². The zero-order valence-electron chi connectivity index (χ0n) is 12.2. The molecule has 0 aromatic heterocycles. The molecule has 1 aliphatic rings. The van der Waals surface area contributed by atoms with E-state index in [4.69, 9.17) is 27.9 Å². The topological polar surface area (TPSA) is 46.6 Å². The van der Waals surface area contributed by atoms with Crippen LogP contribution in [0.1, 0.15) is 18.4 Å². The number of piperidine rings is 1. The molecule has 1 fully saturated rings. The first-order valence-electron chi connectivity index (χ1n) is 7.01. The molecular weight excluding hydrogens is 325 g/mol. The van der Waals surface area contributed by atoms with Crippen LogP contribution in [0.2, 0.25) is 10.0 Å². The second-order valence-electron chi connectivity index (χ2n) is 5.15. The predicted octanol–water partition coefficient (Wildman–Crippen LogP) is 3.42. The maximum atomic E-state index is 12.2. The maximum absolute atomic E-state index is 12.2. The number of esters is 1. The summed E-state index contributed by atoms with van der Waals surface area (Å²) in [6.07, 6.45) is 4.73. The molecule has 0 N–H and O–H groups in total. The first-order chi connectivity index (χ1) is 10.5. The van der Waals surface area contributed by atoms with Gasteiger partial charge in [0.05, 0.1) is 23.1 Å². The van der Waals surface area contributed by atoms with Gasteiger partial charge in [-0.1, -0.05) is 29.3 Å². The largest absolute Gasteiger partial charge is 0.469 e. The van der Waals surface area contributed by atoms with Crippen LogP contribution >= 0.6 is 23.2 Å². The molecule has 0 saturated carbocycles. The van der Waals surface area contributed by atoms with Crippen molar-refractivity contribution < 1.29 is 14.3 Å². The number of likely N-dealkylation sites (tertiary alicyclic amines) is 1. The lowest BCUT2D eigenvalue weighted by atomic mass is 9.98. The fourth-order valence-electron chi connectivity index (χ4n) is 2.43. The van der Waals surface area contributed by atoms with Gasteiger partial charge in [-0.05, 0) is 36.6 Å². The van der Waals surface area contributed by atoms with Gasteiger partial charge < -0.3 is 9.64 Å². The van der Waals surface area contributed by atoms with Crippen LogP contribution < -0.4 is 0 Å². The van der Waals surface area contributed by atoms with Crippen molar-refractivity contribution in [3.05, 3.63) is 39.9 Å². The number of methoxy groups -OCH3 is 1. The van der Waals surface area contributed by atoms with Crippen LogP contribution in [-0.2, 0) is 14.3 Å². The summed E-state index contributed by atoms with van der Waals surface area (Å²) < 4.78 is 4.75. The van der Waals surface area contributed by atoms with E-state index in [9.17, 15) is 9.59 Å². The third-order valence-corrected chi connectivity index (χ3v) is 4.37. The molecule has 1 saturated heterocycles. The Labute approximate surface area is 139 Å². The van der Waals surface area contributed by atoms with Crippen molar-refractivity contribution in [3.63, 3.8) is 0 Å². The average Bonchev–Trinajstić information content (AvgIpc) is 2.55. The maximum Gasteiger partial charge on any atom is 0.310 e. The van der Waals surface area contributed by atoms with Crippen molar-refractivity contribution in [2.75, 3.05) is 20.2 Å². The first kappa shape index (κ1) is 16.8. The second-order valence-corrected chi connectivity index (χ2v) is 5.97. The number of halogens is 2. The Morgan fingerprint density at radius 2 is 2.09 bits per heavy atom. The van der Waals surface area contributed by atoms with Crippen molar-refractivity contribution in [1.29, 1.82) is 0 Å². The highest BCUT2D eigenvalue weighted by atomic mass is 35.5. The van der Waals surface area contributed by atoms with Crippen molar-refractivity contribution in [1.82, 2.24) is 4.90 Å². The molecule has 22 heavy (non-hydrogen) atoms. The Hall–Kier alpha value is -1.52. The standard InChI is InChI=1S/C16H17Cl2NO3/c1-22-16(21)12-3-2-8-19(10-12)15(20)7-5-11-4-6-13(17)14(18)9-11/h4-7,9,12H,2-3,8,10H2,1H3/b7-5+. The van der Waals surface area contributed by atoms with Gasteiger partial charge in [-0.3, -0.25) is 9.59 Å². The molecule has 4 nitrogen and oxygen atoms in total. The summed E-state index contributed by atoms with van der Waals surface area (Å²) in [6, 6.07) is 5.16. The van der Waals surface area contributed by atoms with Crippen LogP contribution in [0.15, 0.2) is 24.3 Å². The number of carbonyl (C=O) groups is 2. The monoisotopic (exact) mass is 341 g/mol. The Balaban J connectivity index is 2.00. The lowest BCUT2D eigenvalue weighted by Gasteiger charge is -2.30. The average molecular weight is 342 g/mol. The van der Waals surface area contributed by atoms with Crippen molar-refractivity contribution in [2.24, 2.45) is 5.92 Å². The highest BCUT2D eigenvalue weighted by Gasteiger charge is 2.28. The van der Waals surface area contributed by atoms with Crippen LogP contribution in [0.4, 0.5) is 0 Å². The molecule has 1 unspecified atom stereocenters. The van der Waals surface area contributed by atoms with Gasteiger partial charge in [0.25, 0.3) is 0 Å². The molecule has 1 amide bonds. The molecule has 0 spiro atoms. The minimum absolute atomic E-state index is 0.125. The third-order valence-electron chi connectivity index (χ3n) is 3.63. The third kappa shape index (κ3) is 4.24. The fourth-order valence-corrected chi connectivity index (χ4v) is 2.73. The summed E-state index contributed by atoms with van der Waals surface area (Å²) in [5, 5.41) is 0.919. The lowest BCUT2D eigenvalue weighted by Crippen LogP contribution is -2.41. The quantitative estimate of drug-likeness (QED) is 0.625. The number of ether oxygens (including phenoxy) is 1. The summed E-state index contributed by atoms with van der Waals surface area (Å²) in [5.74, 6) is -0.619. The molecule has 1 aromatic carbocycles. The Bertz CT molecular complexity index is 601. The zero-order valence-corrected chi connectivity index (χ0v) is 13.7. The summed E-state index contributed by atoms with van der Waals surface area (Å²) in [6.45, 7) is 1.05. The van der Waals surface area contributed by atoms with E-state index in [2.05, 4.69) is 0 Å². The van der Waals surface area contributed by atoms with Crippen LogP contribution in [0.3, 0.4) is 0 Å². The summed E-state index contributed by atoms with van der Waals surface area (Å²) in [4.78, 5) is 25.5. The minimum atomic E-state index is -0.258. The molecule has 1 aromatic rings. The number of amides is 1. The first-order valence-corrected chi connectivity index (χ1v) is 7.76. The van der Waals surface area contributed by atoms with Crippen LogP contribution in [-0.4, -0.2) is 37.0 Å². The Morgan fingerprint density at radius 3 is 2.77 bits per heavy atom. The number of rotatable bonds is 3. The van der Waals surface area contributed by atoms with E-state index in [1.807, 2.05) is 0 Å². The molecule has 0 aliphatic carbocycles. The van der Waals surface area contributed by atoms with Crippen molar-refractivity contribution >= 4 is 41.2 Å². The number of hydrogen-bond donors (Lipinski definition) is 0. The molecule has 1 aliphatic heterocycles. The molecule has 1 atom stereocenters. The van der Waals surface area contributed by atoms with Crippen molar-refractivity contribution in [2.45, 2.75) is 12.8 Å². The van der Waals surface area contributed by atoms with E-state index in [1.54, 1.807) is 29.2 Å². The molecule has 118 valence electrons. The summed E-state index contributed by atoms with van der Waals surface area (Å²) in [7, 11) is 1.37. The molecule has 0 radical (unpaired) electrons. The number of carbonyl (C=O) groups excluding carboxylic acids is 2. The van der Waals surface area contributed by atoms with Gasteiger partial charge >= 0.3 is 5.97 Å². The minimum Gasteiger partial charge on any atom is -0.469 e. The van der Waals surface area contributed by atoms with E-state index in [0.717, 1.165) is 18.4 Å². The zero-order chi connectivity index (χ0) is 16.1. The SMILES string of the molecule is COC(=O)C1CCCN(C(=O)/C=C/c2ccc(Cl)c(Cl)c2)C1. The summed E-state index contributed by atoms with van der Waals surface area (Å²) >= 11 is 11.8. The second kappa shape index (κ2) is 7.65. The van der Waals surface area contributed by atoms with Gasteiger partial charge in [0.1, 0.15) is 0 Å². The highest BCUT2D eigenvalue weighted by Crippen LogP contribution is 2.23. The molecule has 6 heteroatoms. The van der Waals surface area contributed by atoms with Crippen LogP contribution in [0.5, 0.6) is 0 Å². The van der Waals surface area contributed by atoms with Crippen molar-refractivity contribution in [3.8, 4) is 0 Å². The Morgan fingerprint density at radius 1 is 1.32 bits per heavy atom.